The van der Waals surface area contributed by atoms with Gasteiger partial charge in [-0.3, -0.25) is 4.79 Å². The Kier molecular flexibility index (Phi) is 3.68. The van der Waals surface area contributed by atoms with Crippen molar-refractivity contribution >= 4 is 11.6 Å². The SMILES string of the molecule is CC(C)/C=C/C=C1\C(=O)NN=C1C(C)(C)C. The summed E-state index contributed by atoms with van der Waals surface area (Å²) in [5, 5.41) is 4.08. The molecule has 1 N–H and O–H groups in total. The predicted molar refractivity (Wildman–Crippen MR) is 67.1 cm³/mol. The molecular formula is C13H20N2O. The van der Waals surface area contributed by atoms with E-state index in [0.717, 1.165) is 5.71 Å². The first-order valence-electron chi connectivity index (χ1n) is 5.59. The van der Waals surface area contributed by atoms with E-state index in [2.05, 4.69) is 30.5 Å². The summed E-state index contributed by atoms with van der Waals surface area (Å²) >= 11 is 0. The fourth-order valence-electron chi connectivity index (χ4n) is 1.43. The van der Waals surface area contributed by atoms with Gasteiger partial charge in [-0.2, -0.15) is 5.10 Å². The summed E-state index contributed by atoms with van der Waals surface area (Å²) in [5.41, 5.74) is 3.89. The monoisotopic (exact) mass is 220 g/mol. The van der Waals surface area contributed by atoms with E-state index in [4.69, 9.17) is 0 Å². The van der Waals surface area contributed by atoms with E-state index in [1.807, 2.05) is 32.9 Å². The van der Waals surface area contributed by atoms with Gasteiger partial charge in [0.2, 0.25) is 0 Å². The normalized spacial score (nSPS) is 19.8. The van der Waals surface area contributed by atoms with Gasteiger partial charge >= 0.3 is 0 Å². The summed E-state index contributed by atoms with van der Waals surface area (Å²) in [7, 11) is 0. The highest BCUT2D eigenvalue weighted by atomic mass is 16.2. The van der Waals surface area contributed by atoms with Crippen LogP contribution in [0, 0.1) is 11.3 Å². The van der Waals surface area contributed by atoms with Crippen molar-refractivity contribution in [2.24, 2.45) is 16.4 Å². The Morgan fingerprint density at radius 1 is 1.31 bits per heavy atom. The van der Waals surface area contributed by atoms with Crippen molar-refractivity contribution in [2.45, 2.75) is 34.6 Å². The van der Waals surface area contributed by atoms with E-state index in [-0.39, 0.29) is 11.3 Å². The minimum Gasteiger partial charge on any atom is -0.267 e. The Morgan fingerprint density at radius 3 is 2.44 bits per heavy atom. The quantitative estimate of drug-likeness (QED) is 0.714. The molecule has 0 saturated heterocycles. The van der Waals surface area contributed by atoms with Crippen LogP contribution in [-0.2, 0) is 4.79 Å². The lowest BCUT2D eigenvalue weighted by molar-refractivity contribution is -0.116. The van der Waals surface area contributed by atoms with Crippen LogP contribution in [0.3, 0.4) is 0 Å². The molecule has 1 amide bonds. The molecule has 0 saturated carbocycles. The van der Waals surface area contributed by atoms with E-state index in [1.165, 1.54) is 0 Å². The van der Waals surface area contributed by atoms with E-state index in [0.29, 0.717) is 11.5 Å². The second-order valence-electron chi connectivity index (χ2n) is 5.36. The van der Waals surface area contributed by atoms with E-state index >= 15 is 0 Å². The molecule has 0 unspecified atom stereocenters. The van der Waals surface area contributed by atoms with Crippen molar-refractivity contribution in [1.29, 1.82) is 0 Å². The first-order chi connectivity index (χ1) is 7.32. The van der Waals surface area contributed by atoms with Crippen molar-refractivity contribution in [3.63, 3.8) is 0 Å². The zero-order valence-electron chi connectivity index (χ0n) is 10.7. The Labute approximate surface area is 97.3 Å². The molecule has 0 aromatic carbocycles. The molecule has 16 heavy (non-hydrogen) atoms. The first kappa shape index (κ1) is 12.7. The summed E-state index contributed by atoms with van der Waals surface area (Å²) < 4.78 is 0. The summed E-state index contributed by atoms with van der Waals surface area (Å²) in [6.45, 7) is 10.3. The van der Waals surface area contributed by atoms with Crippen LogP contribution in [-0.4, -0.2) is 11.6 Å². The number of amides is 1. The first-order valence-corrected chi connectivity index (χ1v) is 5.59. The molecule has 0 spiro atoms. The van der Waals surface area contributed by atoms with Crippen molar-refractivity contribution in [2.75, 3.05) is 0 Å². The van der Waals surface area contributed by atoms with E-state index in [1.54, 1.807) is 0 Å². The van der Waals surface area contributed by atoms with Crippen LogP contribution < -0.4 is 5.43 Å². The molecule has 3 heteroatoms. The Bertz CT molecular complexity index is 368. The van der Waals surface area contributed by atoms with Gasteiger partial charge in [-0.1, -0.05) is 46.8 Å². The lowest BCUT2D eigenvalue weighted by Gasteiger charge is -2.17. The molecule has 1 aliphatic heterocycles. The largest absolute Gasteiger partial charge is 0.273 e. The minimum absolute atomic E-state index is 0.113. The molecule has 1 aliphatic rings. The van der Waals surface area contributed by atoms with E-state index in [9.17, 15) is 4.79 Å². The van der Waals surface area contributed by atoms with Gasteiger partial charge in [-0.25, -0.2) is 5.43 Å². The minimum atomic E-state index is -0.114. The fourth-order valence-corrected chi connectivity index (χ4v) is 1.43. The molecule has 3 nitrogen and oxygen atoms in total. The zero-order valence-corrected chi connectivity index (χ0v) is 10.7. The summed E-state index contributed by atoms with van der Waals surface area (Å²) in [6, 6.07) is 0. The third-order valence-corrected chi connectivity index (χ3v) is 2.24. The van der Waals surface area contributed by atoms with Gasteiger partial charge in [-0.15, -0.1) is 0 Å². The number of carbonyl (C=O) groups is 1. The maximum absolute atomic E-state index is 11.6. The number of allylic oxidation sites excluding steroid dienone is 3. The van der Waals surface area contributed by atoms with Crippen LogP contribution in [0.2, 0.25) is 0 Å². The Morgan fingerprint density at radius 2 is 1.94 bits per heavy atom. The molecule has 0 aliphatic carbocycles. The van der Waals surface area contributed by atoms with Crippen molar-refractivity contribution in [3.05, 3.63) is 23.8 Å². The highest BCUT2D eigenvalue weighted by Crippen LogP contribution is 2.24. The highest BCUT2D eigenvalue weighted by Gasteiger charge is 2.30. The number of nitrogens with one attached hydrogen (secondary N) is 1. The standard InChI is InChI=1S/C13H20N2O/c1-9(2)7-6-8-10-11(13(3,4)5)14-15-12(10)16/h6-9H,1-5H3,(H,15,16)/b7-6+,10-8-. The number of nitrogens with zero attached hydrogens (tertiary/aromatic N) is 1. The van der Waals surface area contributed by atoms with Gasteiger partial charge in [-0.05, 0) is 12.0 Å². The van der Waals surface area contributed by atoms with Gasteiger partial charge < -0.3 is 0 Å². The van der Waals surface area contributed by atoms with Gasteiger partial charge in [0.25, 0.3) is 5.91 Å². The second-order valence-corrected chi connectivity index (χ2v) is 5.36. The average molecular weight is 220 g/mol. The van der Waals surface area contributed by atoms with Gasteiger partial charge in [0.1, 0.15) is 0 Å². The van der Waals surface area contributed by atoms with Gasteiger partial charge in [0.05, 0.1) is 11.3 Å². The Balaban J connectivity index is 2.93. The molecule has 0 radical (unpaired) electrons. The molecular weight excluding hydrogens is 200 g/mol. The zero-order chi connectivity index (χ0) is 12.3. The van der Waals surface area contributed by atoms with E-state index < -0.39 is 0 Å². The summed E-state index contributed by atoms with van der Waals surface area (Å²) in [5.74, 6) is 0.370. The maximum Gasteiger partial charge on any atom is 0.273 e. The lowest BCUT2D eigenvalue weighted by Crippen LogP contribution is -2.22. The van der Waals surface area contributed by atoms with Crippen LogP contribution in [0.4, 0.5) is 0 Å². The lowest BCUT2D eigenvalue weighted by atomic mass is 9.85. The average Bonchev–Trinajstić information content (AvgIpc) is 2.46. The Hall–Kier alpha value is -1.38. The molecule has 1 rings (SSSR count). The smallest absolute Gasteiger partial charge is 0.267 e. The van der Waals surface area contributed by atoms with Crippen molar-refractivity contribution < 1.29 is 4.79 Å². The molecule has 88 valence electrons. The van der Waals surface area contributed by atoms with Crippen LogP contribution >= 0.6 is 0 Å². The molecule has 1 heterocycles. The van der Waals surface area contributed by atoms with Gasteiger partial charge in [0, 0.05) is 5.41 Å². The fraction of sp³-hybridized carbons (Fsp3) is 0.538. The van der Waals surface area contributed by atoms with Crippen LogP contribution in [0.5, 0.6) is 0 Å². The number of hydrazone groups is 1. The number of hydrogen-bond donors (Lipinski definition) is 1. The van der Waals surface area contributed by atoms with Crippen LogP contribution in [0.25, 0.3) is 0 Å². The molecule has 0 atom stereocenters. The van der Waals surface area contributed by atoms with Crippen LogP contribution in [0.1, 0.15) is 34.6 Å². The number of carbonyl (C=O) groups excluding carboxylic acids is 1. The van der Waals surface area contributed by atoms with Crippen molar-refractivity contribution in [3.8, 4) is 0 Å². The maximum atomic E-state index is 11.6. The molecule has 0 aromatic heterocycles. The highest BCUT2D eigenvalue weighted by molar-refractivity contribution is 6.26. The summed E-state index contributed by atoms with van der Waals surface area (Å²) in [6.07, 6.45) is 5.82. The van der Waals surface area contributed by atoms with Gasteiger partial charge in [0.15, 0.2) is 0 Å². The number of rotatable bonds is 2. The third kappa shape index (κ3) is 3.05. The number of hydrogen-bond acceptors (Lipinski definition) is 2. The predicted octanol–water partition coefficient (Wildman–Crippen LogP) is 2.66. The van der Waals surface area contributed by atoms with Crippen molar-refractivity contribution in [1.82, 2.24) is 5.43 Å². The molecule has 0 bridgehead atoms. The topological polar surface area (TPSA) is 41.5 Å². The molecule has 0 aromatic rings. The van der Waals surface area contributed by atoms with Crippen LogP contribution in [0.15, 0.2) is 28.9 Å². The molecule has 0 fully saturated rings. The second kappa shape index (κ2) is 4.64. The third-order valence-electron chi connectivity index (χ3n) is 2.24. The summed E-state index contributed by atoms with van der Waals surface area (Å²) in [4.78, 5) is 11.6.